The highest BCUT2D eigenvalue weighted by Crippen LogP contribution is 2.16. The van der Waals surface area contributed by atoms with E-state index in [9.17, 15) is 43.5 Å². The fourth-order valence-corrected chi connectivity index (χ4v) is 5.59. The second-order valence-electron chi connectivity index (χ2n) is 18.2. The van der Waals surface area contributed by atoms with Crippen molar-refractivity contribution in [2.75, 3.05) is 5.32 Å². The van der Waals surface area contributed by atoms with E-state index in [1.165, 1.54) is 12.1 Å². The molecule has 2 rings (SSSR count). The summed E-state index contributed by atoms with van der Waals surface area (Å²) in [5, 5.41) is 22.0. The quantitative estimate of drug-likeness (QED) is 0.0810. The number of aliphatic hydroxyl groups excluding tert-OH is 1. The van der Waals surface area contributed by atoms with E-state index < -0.39 is 107 Å². The molecule has 0 radical (unpaired) electrons. The summed E-state index contributed by atoms with van der Waals surface area (Å²) in [7, 11) is 0. The van der Waals surface area contributed by atoms with Gasteiger partial charge in [0.1, 0.15) is 47.6 Å². The van der Waals surface area contributed by atoms with E-state index in [1.807, 2.05) is 0 Å². The molecule has 18 heteroatoms. The molecule has 0 aliphatic heterocycles. The fraction of sp³-hybridized carbons (Fsp3) is 0.556. The minimum absolute atomic E-state index is 0.162. The molecule has 0 heterocycles. The number of aliphatic hydroxyl groups is 1. The molecule has 0 aliphatic carbocycles. The Kier molecular flexibility index (Phi) is 20.2. The van der Waals surface area contributed by atoms with Crippen LogP contribution in [0.4, 0.5) is 10.5 Å². The maximum Gasteiger partial charge on any atom is 0.408 e. The Morgan fingerprint density at radius 2 is 1.03 bits per heavy atom. The average molecular weight is 884 g/mol. The van der Waals surface area contributed by atoms with E-state index >= 15 is 0 Å². The van der Waals surface area contributed by atoms with E-state index in [1.54, 1.807) is 119 Å². The van der Waals surface area contributed by atoms with Crippen molar-refractivity contribution in [2.45, 2.75) is 156 Å². The molecule has 0 saturated heterocycles. The minimum atomic E-state index is -1.63. The summed E-state index contributed by atoms with van der Waals surface area (Å²) in [6.45, 7) is 17.5. The number of ether oxygens (including phenoxy) is 4. The van der Waals surface area contributed by atoms with Crippen molar-refractivity contribution in [3.05, 3.63) is 65.7 Å². The van der Waals surface area contributed by atoms with Gasteiger partial charge in [0.15, 0.2) is 0 Å². The van der Waals surface area contributed by atoms with Crippen molar-refractivity contribution < 1.29 is 62.4 Å². The third-order valence-corrected chi connectivity index (χ3v) is 8.38. The Labute approximate surface area is 369 Å². The number of hydrogen-bond donors (Lipinski definition) is 6. The van der Waals surface area contributed by atoms with Crippen LogP contribution in [-0.4, -0.2) is 93.7 Å². The van der Waals surface area contributed by atoms with Gasteiger partial charge in [-0.05, 0) is 97.9 Å². The summed E-state index contributed by atoms with van der Waals surface area (Å²) < 4.78 is 21.5. The Hall–Kier alpha value is -6.04. The van der Waals surface area contributed by atoms with Gasteiger partial charge in [-0.2, -0.15) is 0 Å². The summed E-state index contributed by atoms with van der Waals surface area (Å²) in [5.74, 6) is -6.63. The first-order chi connectivity index (χ1) is 29.1. The molecule has 0 aliphatic rings. The van der Waals surface area contributed by atoms with E-state index in [-0.39, 0.29) is 26.1 Å². The number of anilines is 1. The zero-order valence-electron chi connectivity index (χ0n) is 38.2. The summed E-state index contributed by atoms with van der Waals surface area (Å²) in [5.41, 5.74) is -1.21. The molecule has 0 spiro atoms. The number of carbonyl (C=O) groups is 8. The lowest BCUT2D eigenvalue weighted by Gasteiger charge is -2.28. The predicted octanol–water partition coefficient (Wildman–Crippen LogP) is 4.11. The number of carbonyl (C=O) groups excluding carboxylic acids is 8. The van der Waals surface area contributed by atoms with Crippen LogP contribution < -0.4 is 26.6 Å². The fourth-order valence-electron chi connectivity index (χ4n) is 5.59. The maximum atomic E-state index is 14.1. The second kappa shape index (κ2) is 24.0. The smallest absolute Gasteiger partial charge is 0.408 e. The van der Waals surface area contributed by atoms with Crippen molar-refractivity contribution >= 4 is 53.3 Å². The highest BCUT2D eigenvalue weighted by molar-refractivity contribution is 6.01. The first-order valence-electron chi connectivity index (χ1n) is 20.7. The number of rotatable bonds is 20. The number of alkyl carbamates (subject to hydrolysis) is 1. The molecule has 2 aromatic carbocycles. The van der Waals surface area contributed by atoms with Crippen molar-refractivity contribution in [2.24, 2.45) is 5.92 Å². The van der Waals surface area contributed by atoms with Crippen LogP contribution in [0.5, 0.6) is 0 Å². The zero-order chi connectivity index (χ0) is 47.7. The van der Waals surface area contributed by atoms with E-state index in [2.05, 4.69) is 26.6 Å². The molecule has 0 unspecified atom stereocenters. The topological polar surface area (TPSA) is 254 Å². The summed E-state index contributed by atoms with van der Waals surface area (Å²) in [4.78, 5) is 107. The molecule has 63 heavy (non-hydrogen) atoms. The van der Waals surface area contributed by atoms with E-state index in [4.69, 9.17) is 18.9 Å². The molecule has 18 nitrogen and oxygen atoms in total. The third-order valence-electron chi connectivity index (χ3n) is 8.38. The standard InChI is InChI=1S/C45H65N5O13/c1-27(2)37(41(58)48-32(23-35(53)62-44(6,7)8)39(56)46-30-19-17-28(25-51)18-20-30)50-38(55)31(21-22-34(52)61-43(3,4)5)47-40(57)33(24-36(54)63-45(9,10)11)49-42(59)60-26-29-15-13-12-14-16-29/h12-20,27,31-33,37,51H,21-26H2,1-11H3,(H,46,56)(H,47,57)(H,48,58)(H,49,59)(H,50,55)/t31-,32+,33-,37+/m0/s1. The monoisotopic (exact) mass is 883 g/mol. The van der Waals surface area contributed by atoms with Crippen LogP contribution in [0.25, 0.3) is 0 Å². The minimum Gasteiger partial charge on any atom is -0.460 e. The predicted molar refractivity (Wildman–Crippen MR) is 231 cm³/mol. The van der Waals surface area contributed by atoms with Crippen LogP contribution in [0.15, 0.2) is 54.6 Å². The van der Waals surface area contributed by atoms with Gasteiger partial charge in [0.05, 0.1) is 19.4 Å². The molecule has 348 valence electrons. The van der Waals surface area contributed by atoms with Gasteiger partial charge in [0.2, 0.25) is 23.6 Å². The number of amides is 5. The Bertz CT molecular complexity index is 1880. The summed E-state index contributed by atoms with van der Waals surface area (Å²) in [6, 6.07) is 8.85. The number of nitrogens with one attached hydrogen (secondary N) is 5. The Morgan fingerprint density at radius 1 is 0.556 bits per heavy atom. The summed E-state index contributed by atoms with van der Waals surface area (Å²) in [6.07, 6.45) is -3.05. The van der Waals surface area contributed by atoms with Crippen LogP contribution >= 0.6 is 0 Å². The highest BCUT2D eigenvalue weighted by Gasteiger charge is 2.36. The van der Waals surface area contributed by atoms with Crippen molar-refractivity contribution in [1.29, 1.82) is 0 Å². The Balaban J connectivity index is 2.43. The van der Waals surface area contributed by atoms with Crippen molar-refractivity contribution in [3.63, 3.8) is 0 Å². The molecule has 0 fully saturated rings. The number of esters is 3. The first kappa shape index (κ1) is 53.1. The largest absolute Gasteiger partial charge is 0.460 e. The zero-order valence-corrected chi connectivity index (χ0v) is 38.2. The van der Waals surface area contributed by atoms with Crippen LogP contribution in [0.1, 0.15) is 113 Å². The van der Waals surface area contributed by atoms with Crippen LogP contribution in [0.3, 0.4) is 0 Å². The van der Waals surface area contributed by atoms with Gasteiger partial charge in [-0.25, -0.2) is 4.79 Å². The molecule has 5 amide bonds. The lowest BCUT2D eigenvalue weighted by molar-refractivity contribution is -0.157. The number of hydrogen-bond acceptors (Lipinski definition) is 13. The normalized spacial score (nSPS) is 13.5. The van der Waals surface area contributed by atoms with E-state index in [0.29, 0.717) is 16.8 Å². The lowest BCUT2D eigenvalue weighted by Crippen LogP contribution is -2.59. The van der Waals surface area contributed by atoms with Gasteiger partial charge in [-0.3, -0.25) is 33.6 Å². The molecule has 0 bridgehead atoms. The SMILES string of the molecule is CC(C)[C@@H](NC(=O)[C@H](CCC(=O)OC(C)(C)C)NC(=O)[C@H](CC(=O)OC(C)(C)C)NC(=O)OCc1ccccc1)C(=O)N[C@H](CC(=O)OC(C)(C)C)C(=O)Nc1ccc(CO)cc1. The molecular weight excluding hydrogens is 819 g/mol. The molecule has 6 N–H and O–H groups in total. The van der Waals surface area contributed by atoms with Gasteiger partial charge in [0.25, 0.3) is 0 Å². The molecule has 0 saturated carbocycles. The molecule has 4 atom stereocenters. The van der Waals surface area contributed by atoms with Crippen LogP contribution in [-0.2, 0) is 65.7 Å². The average Bonchev–Trinajstić information content (AvgIpc) is 3.15. The molecular formula is C45H65N5O13. The summed E-state index contributed by atoms with van der Waals surface area (Å²) >= 11 is 0. The lowest BCUT2D eigenvalue weighted by atomic mass is 10.0. The second-order valence-corrected chi connectivity index (χ2v) is 18.2. The third kappa shape index (κ3) is 21.5. The van der Waals surface area contributed by atoms with Gasteiger partial charge in [0, 0.05) is 12.1 Å². The van der Waals surface area contributed by atoms with Gasteiger partial charge in [-0.1, -0.05) is 56.3 Å². The highest BCUT2D eigenvalue weighted by atomic mass is 16.6. The maximum absolute atomic E-state index is 14.1. The van der Waals surface area contributed by atoms with Gasteiger partial charge >= 0.3 is 24.0 Å². The molecule has 2 aromatic rings. The first-order valence-corrected chi connectivity index (χ1v) is 20.7. The Morgan fingerprint density at radius 3 is 1.52 bits per heavy atom. The van der Waals surface area contributed by atoms with Crippen molar-refractivity contribution in [3.8, 4) is 0 Å². The van der Waals surface area contributed by atoms with Crippen LogP contribution in [0, 0.1) is 5.92 Å². The van der Waals surface area contributed by atoms with E-state index in [0.717, 1.165) is 0 Å². The number of benzene rings is 2. The molecule has 0 aromatic heterocycles. The van der Waals surface area contributed by atoms with Crippen molar-refractivity contribution in [1.82, 2.24) is 21.3 Å². The van der Waals surface area contributed by atoms with Gasteiger partial charge in [-0.15, -0.1) is 0 Å². The van der Waals surface area contributed by atoms with Gasteiger partial charge < -0.3 is 50.6 Å². The van der Waals surface area contributed by atoms with Crippen LogP contribution in [0.2, 0.25) is 0 Å².